The van der Waals surface area contributed by atoms with Crippen LogP contribution in [0, 0.1) is 0 Å². The highest BCUT2D eigenvalue weighted by Crippen LogP contribution is 2.45. The lowest BCUT2D eigenvalue weighted by Crippen LogP contribution is -2.26. The van der Waals surface area contributed by atoms with Crippen molar-refractivity contribution >= 4 is 69.2 Å². The van der Waals surface area contributed by atoms with Gasteiger partial charge >= 0.3 is 0 Å². The Morgan fingerprint density at radius 1 is 0.271 bits per heavy atom. The molecule has 0 bridgehead atoms. The Morgan fingerprint density at radius 3 is 0.854 bits per heavy atom. The Bertz CT molecular complexity index is 2000. The quantitative estimate of drug-likeness (QED) is 0.150. The van der Waals surface area contributed by atoms with E-state index in [4.69, 9.17) is 0 Å². The molecule has 0 saturated heterocycles. The van der Waals surface area contributed by atoms with E-state index in [1.54, 1.807) is 0 Å². The molecule has 2 heteroatoms. The van der Waals surface area contributed by atoms with Crippen molar-refractivity contribution in [3.05, 3.63) is 194 Å². The SMILES string of the molecule is CC.c1ccc(P(c2ccccc2)c2ccc3ccccc3c2-c2c(P(c3ccccc3)c3ccccc3)ccc3ccccc23)cc1. The molecule has 0 radical (unpaired) electrons. The molecule has 0 aliphatic carbocycles. The molecule has 0 nitrogen and oxygen atoms in total. The van der Waals surface area contributed by atoms with Crippen LogP contribution in [0.5, 0.6) is 0 Å². The first-order valence-corrected chi connectivity index (χ1v) is 19.4. The van der Waals surface area contributed by atoms with Crippen LogP contribution in [0.4, 0.5) is 0 Å². The van der Waals surface area contributed by atoms with Gasteiger partial charge in [0.1, 0.15) is 0 Å². The van der Waals surface area contributed by atoms with Crippen LogP contribution in [-0.2, 0) is 0 Å². The van der Waals surface area contributed by atoms with Gasteiger partial charge in [-0.2, -0.15) is 0 Å². The van der Waals surface area contributed by atoms with Crippen LogP contribution in [0.15, 0.2) is 194 Å². The third-order valence-corrected chi connectivity index (χ3v) is 13.6. The molecule has 0 amide bonds. The number of hydrogen-bond acceptors (Lipinski definition) is 0. The fraction of sp³-hybridized carbons (Fsp3) is 0.0435. The van der Waals surface area contributed by atoms with Crippen molar-refractivity contribution in [2.75, 3.05) is 0 Å². The summed E-state index contributed by atoms with van der Waals surface area (Å²) < 4.78 is 0. The molecule has 232 valence electrons. The lowest BCUT2D eigenvalue weighted by molar-refractivity contribution is 1.50. The largest absolute Gasteiger partial charge is 0.0683 e. The van der Waals surface area contributed by atoms with Crippen LogP contribution in [0.3, 0.4) is 0 Å². The summed E-state index contributed by atoms with van der Waals surface area (Å²) >= 11 is 0. The molecule has 8 rings (SSSR count). The van der Waals surface area contributed by atoms with E-state index in [0.717, 1.165) is 0 Å². The average Bonchev–Trinajstić information content (AvgIpc) is 3.17. The van der Waals surface area contributed by atoms with Gasteiger partial charge in [0.05, 0.1) is 0 Å². The first-order valence-electron chi connectivity index (χ1n) is 16.7. The molecule has 0 unspecified atom stereocenters. The second-order valence-corrected chi connectivity index (χ2v) is 15.7. The minimum Gasteiger partial charge on any atom is -0.0683 e. The number of fused-ring (bicyclic) bond motifs is 2. The van der Waals surface area contributed by atoms with E-state index >= 15 is 0 Å². The molecular formula is C46H38P2. The van der Waals surface area contributed by atoms with E-state index in [1.165, 1.54) is 64.5 Å². The second kappa shape index (κ2) is 14.9. The smallest absolute Gasteiger partial charge is 0.000884 e. The van der Waals surface area contributed by atoms with Gasteiger partial charge in [0.2, 0.25) is 0 Å². The Balaban J connectivity index is 0.00000179. The van der Waals surface area contributed by atoms with E-state index in [1.807, 2.05) is 13.8 Å². The van der Waals surface area contributed by atoms with Gasteiger partial charge in [0.15, 0.2) is 0 Å². The van der Waals surface area contributed by atoms with Gasteiger partial charge in [-0.1, -0.05) is 208 Å². The molecule has 0 heterocycles. The highest BCUT2D eigenvalue weighted by molar-refractivity contribution is 7.80. The van der Waals surface area contributed by atoms with E-state index in [2.05, 4.69) is 194 Å². The lowest BCUT2D eigenvalue weighted by atomic mass is 9.93. The minimum atomic E-state index is -0.852. The fourth-order valence-electron chi connectivity index (χ4n) is 6.58. The highest BCUT2D eigenvalue weighted by Gasteiger charge is 2.27. The molecule has 0 fully saturated rings. The van der Waals surface area contributed by atoms with Crippen molar-refractivity contribution in [1.29, 1.82) is 0 Å². The van der Waals surface area contributed by atoms with Crippen molar-refractivity contribution in [2.45, 2.75) is 13.8 Å². The molecule has 0 saturated carbocycles. The van der Waals surface area contributed by atoms with E-state index in [-0.39, 0.29) is 0 Å². The van der Waals surface area contributed by atoms with Gasteiger partial charge in [0.25, 0.3) is 0 Å². The summed E-state index contributed by atoms with van der Waals surface area (Å²) in [6.07, 6.45) is 0. The zero-order valence-corrected chi connectivity index (χ0v) is 29.2. The molecule has 0 aromatic heterocycles. The van der Waals surface area contributed by atoms with Gasteiger partial charge in [-0.05, 0) is 80.3 Å². The van der Waals surface area contributed by atoms with Crippen molar-refractivity contribution in [1.82, 2.24) is 0 Å². The summed E-state index contributed by atoms with van der Waals surface area (Å²) in [5.74, 6) is 0. The maximum atomic E-state index is 2.42. The van der Waals surface area contributed by atoms with Crippen LogP contribution in [0.25, 0.3) is 32.7 Å². The third kappa shape index (κ3) is 6.23. The summed E-state index contributed by atoms with van der Waals surface area (Å²) in [6.45, 7) is 4.00. The highest BCUT2D eigenvalue weighted by atomic mass is 31.1. The van der Waals surface area contributed by atoms with Crippen LogP contribution < -0.4 is 31.8 Å². The number of benzene rings is 8. The van der Waals surface area contributed by atoms with E-state index < -0.39 is 15.8 Å². The monoisotopic (exact) mass is 652 g/mol. The van der Waals surface area contributed by atoms with Gasteiger partial charge in [0, 0.05) is 0 Å². The number of rotatable bonds is 7. The fourth-order valence-corrected chi connectivity index (χ4v) is 11.5. The molecular weight excluding hydrogens is 614 g/mol. The Hall–Kier alpha value is -4.86. The molecule has 0 aliphatic heterocycles. The summed E-state index contributed by atoms with van der Waals surface area (Å²) in [4.78, 5) is 0. The lowest BCUT2D eigenvalue weighted by Gasteiger charge is -2.28. The van der Waals surface area contributed by atoms with Crippen molar-refractivity contribution in [3.63, 3.8) is 0 Å². The van der Waals surface area contributed by atoms with Gasteiger partial charge in [-0.15, -0.1) is 0 Å². The van der Waals surface area contributed by atoms with Gasteiger partial charge < -0.3 is 0 Å². The predicted molar refractivity (Wildman–Crippen MR) is 216 cm³/mol. The molecule has 8 aromatic carbocycles. The molecule has 0 aliphatic rings. The standard InChI is InChI=1S/C44H32P2.C2H6/c1-5-19-35(20-6-1)45(36-21-7-2-8-22-36)41-31-29-33-17-13-15-27-39(33)43(41)44-40-28-16-14-18-34(40)30-32-42(44)46(37-23-9-3-10-24-37)38-25-11-4-12-26-38;1-2/h1-32H;1-2H3. The normalized spacial score (nSPS) is 11.1. The van der Waals surface area contributed by atoms with Crippen LogP contribution in [-0.4, -0.2) is 0 Å². The summed E-state index contributed by atoms with van der Waals surface area (Å²) in [5, 5.41) is 13.3. The van der Waals surface area contributed by atoms with E-state index in [0.29, 0.717) is 0 Å². The molecule has 0 atom stereocenters. The van der Waals surface area contributed by atoms with Crippen molar-refractivity contribution in [3.8, 4) is 11.1 Å². The zero-order chi connectivity index (χ0) is 32.7. The number of hydrogen-bond donors (Lipinski definition) is 0. The Labute approximate surface area is 287 Å². The van der Waals surface area contributed by atoms with Crippen LogP contribution >= 0.6 is 15.8 Å². The van der Waals surface area contributed by atoms with Gasteiger partial charge in [-0.3, -0.25) is 0 Å². The van der Waals surface area contributed by atoms with Crippen molar-refractivity contribution in [2.24, 2.45) is 0 Å². The summed E-state index contributed by atoms with van der Waals surface area (Å²) in [7, 11) is -1.70. The van der Waals surface area contributed by atoms with Crippen LogP contribution in [0.1, 0.15) is 13.8 Å². The Kier molecular flexibility index (Phi) is 9.86. The van der Waals surface area contributed by atoms with Crippen LogP contribution in [0.2, 0.25) is 0 Å². The minimum absolute atomic E-state index is 0.852. The topological polar surface area (TPSA) is 0 Å². The average molecular weight is 653 g/mol. The first kappa shape index (κ1) is 31.7. The van der Waals surface area contributed by atoms with Gasteiger partial charge in [-0.25, -0.2) is 0 Å². The van der Waals surface area contributed by atoms with Crippen molar-refractivity contribution < 1.29 is 0 Å². The third-order valence-electron chi connectivity index (χ3n) is 8.60. The molecule has 8 aromatic rings. The first-order chi connectivity index (χ1) is 23.9. The summed E-state index contributed by atoms with van der Waals surface area (Å²) in [6, 6.07) is 71.8. The maximum Gasteiger partial charge on any atom is -0.000884 e. The van der Waals surface area contributed by atoms with E-state index in [9.17, 15) is 0 Å². The molecule has 0 N–H and O–H groups in total. The molecule has 48 heavy (non-hydrogen) atoms. The zero-order valence-electron chi connectivity index (χ0n) is 27.4. The predicted octanol–water partition coefficient (Wildman–Crippen LogP) is 10.2. The summed E-state index contributed by atoms with van der Waals surface area (Å²) in [5.41, 5.74) is 2.70. The Morgan fingerprint density at radius 2 is 0.542 bits per heavy atom. The maximum absolute atomic E-state index is 2.42. The molecule has 0 spiro atoms. The second-order valence-electron chi connectivity index (χ2n) is 11.4.